The number of ether oxygens (including phenoxy) is 2. The smallest absolute Gasteiger partial charge is 0.167 e. The van der Waals surface area contributed by atoms with Crippen LogP contribution in [0.25, 0.3) is 22.3 Å². The van der Waals surface area contributed by atoms with Gasteiger partial charge in [-0.2, -0.15) is 0 Å². The van der Waals surface area contributed by atoms with E-state index in [9.17, 15) is 17.6 Å². The summed E-state index contributed by atoms with van der Waals surface area (Å²) >= 11 is 0. The Morgan fingerprint density at radius 2 is 1.11 bits per heavy atom. The van der Waals surface area contributed by atoms with Gasteiger partial charge in [-0.3, -0.25) is 0 Å². The molecule has 0 saturated carbocycles. The van der Waals surface area contributed by atoms with Gasteiger partial charge in [0.15, 0.2) is 23.3 Å². The van der Waals surface area contributed by atoms with Crippen molar-refractivity contribution in [2.24, 2.45) is 0 Å². The molecule has 0 fully saturated rings. The molecule has 0 radical (unpaired) electrons. The minimum atomic E-state index is -0.930. The second-order valence-corrected chi connectivity index (χ2v) is 8.36. The molecule has 36 heavy (non-hydrogen) atoms. The average Bonchev–Trinajstić information content (AvgIpc) is 2.91. The Morgan fingerprint density at radius 3 is 1.67 bits per heavy atom. The molecule has 4 aromatic rings. The maximum atomic E-state index is 15.0. The van der Waals surface area contributed by atoms with Crippen molar-refractivity contribution < 1.29 is 27.0 Å². The van der Waals surface area contributed by atoms with Crippen LogP contribution in [0.15, 0.2) is 72.8 Å². The van der Waals surface area contributed by atoms with E-state index in [1.54, 1.807) is 79.7 Å². The maximum Gasteiger partial charge on any atom is 0.167 e. The third-order valence-corrected chi connectivity index (χ3v) is 6.14. The van der Waals surface area contributed by atoms with Crippen LogP contribution < -0.4 is 4.74 Å². The highest BCUT2D eigenvalue weighted by atomic mass is 19.2. The molecule has 4 aromatic carbocycles. The highest BCUT2D eigenvalue weighted by Crippen LogP contribution is 2.32. The SMILES string of the molecule is CCOCc1ccc(CCc2ccc(-c3ccc(-c4ccc(OC)cc4)c(F)c3F)cc2)c(F)c1F. The van der Waals surface area contributed by atoms with Gasteiger partial charge < -0.3 is 9.47 Å². The summed E-state index contributed by atoms with van der Waals surface area (Å²) in [4.78, 5) is 0. The van der Waals surface area contributed by atoms with Crippen LogP contribution in [-0.4, -0.2) is 13.7 Å². The van der Waals surface area contributed by atoms with Crippen LogP contribution in [0.4, 0.5) is 17.6 Å². The first kappa shape index (κ1) is 25.5. The fourth-order valence-electron chi connectivity index (χ4n) is 4.04. The number of halogens is 4. The zero-order chi connectivity index (χ0) is 25.7. The van der Waals surface area contributed by atoms with E-state index in [1.165, 1.54) is 7.11 Å². The quantitative estimate of drug-likeness (QED) is 0.220. The molecular weight excluding hydrogens is 468 g/mol. The number of benzene rings is 4. The minimum Gasteiger partial charge on any atom is -0.497 e. The molecule has 0 amide bonds. The van der Waals surface area contributed by atoms with Crippen LogP contribution in [0.1, 0.15) is 23.6 Å². The van der Waals surface area contributed by atoms with Crippen molar-refractivity contribution in [1.82, 2.24) is 0 Å². The molecule has 0 aliphatic rings. The van der Waals surface area contributed by atoms with Gasteiger partial charge in [-0.05, 0) is 54.2 Å². The average molecular weight is 495 g/mol. The van der Waals surface area contributed by atoms with Gasteiger partial charge in [0.25, 0.3) is 0 Å². The summed E-state index contributed by atoms with van der Waals surface area (Å²) in [5.74, 6) is -2.97. The van der Waals surface area contributed by atoms with Crippen molar-refractivity contribution >= 4 is 0 Å². The third kappa shape index (κ3) is 5.44. The lowest BCUT2D eigenvalue weighted by atomic mass is 9.97. The number of hydrogen-bond donors (Lipinski definition) is 0. The molecule has 0 aliphatic heterocycles. The highest BCUT2D eigenvalue weighted by molar-refractivity contribution is 5.72. The van der Waals surface area contributed by atoms with Crippen molar-refractivity contribution in [3.8, 4) is 28.0 Å². The van der Waals surface area contributed by atoms with Gasteiger partial charge in [0.05, 0.1) is 13.7 Å². The summed E-state index contributed by atoms with van der Waals surface area (Å²) in [6, 6.07) is 19.9. The summed E-state index contributed by atoms with van der Waals surface area (Å²) in [6.07, 6.45) is 0.769. The Hall–Kier alpha value is -3.64. The lowest BCUT2D eigenvalue weighted by Crippen LogP contribution is -2.03. The second-order valence-electron chi connectivity index (χ2n) is 8.36. The van der Waals surface area contributed by atoms with Gasteiger partial charge >= 0.3 is 0 Å². The number of aryl methyl sites for hydroxylation is 2. The van der Waals surface area contributed by atoms with Gasteiger partial charge in [-0.15, -0.1) is 0 Å². The van der Waals surface area contributed by atoms with E-state index < -0.39 is 23.3 Å². The maximum absolute atomic E-state index is 15.0. The van der Waals surface area contributed by atoms with Crippen LogP contribution in [-0.2, 0) is 24.2 Å². The first-order valence-corrected chi connectivity index (χ1v) is 11.7. The summed E-state index contributed by atoms with van der Waals surface area (Å²) < 4.78 is 68.8. The molecule has 0 spiro atoms. The normalized spacial score (nSPS) is 11.1. The molecule has 0 unspecified atom stereocenters. The molecular formula is C30H26F4O2. The lowest BCUT2D eigenvalue weighted by Gasteiger charge is -2.11. The van der Waals surface area contributed by atoms with E-state index >= 15 is 0 Å². The van der Waals surface area contributed by atoms with Crippen molar-refractivity contribution in [2.75, 3.05) is 13.7 Å². The van der Waals surface area contributed by atoms with Crippen LogP contribution in [0.5, 0.6) is 5.75 Å². The first-order chi connectivity index (χ1) is 17.4. The zero-order valence-electron chi connectivity index (χ0n) is 20.1. The monoisotopic (exact) mass is 494 g/mol. The van der Waals surface area contributed by atoms with Gasteiger partial charge in [0.1, 0.15) is 5.75 Å². The van der Waals surface area contributed by atoms with E-state index in [-0.39, 0.29) is 28.9 Å². The minimum absolute atomic E-state index is 0.0270. The molecule has 0 aromatic heterocycles. The van der Waals surface area contributed by atoms with Gasteiger partial charge in [-0.1, -0.05) is 60.7 Å². The second kappa shape index (κ2) is 11.4. The van der Waals surface area contributed by atoms with Gasteiger partial charge in [0, 0.05) is 23.3 Å². The molecule has 0 saturated heterocycles. The van der Waals surface area contributed by atoms with E-state index in [0.717, 1.165) is 5.56 Å². The molecule has 4 rings (SSSR count). The number of methoxy groups -OCH3 is 1. The molecule has 0 atom stereocenters. The third-order valence-electron chi connectivity index (χ3n) is 6.14. The molecule has 0 bridgehead atoms. The molecule has 2 nitrogen and oxygen atoms in total. The predicted molar refractivity (Wildman–Crippen MR) is 133 cm³/mol. The molecule has 6 heteroatoms. The number of rotatable bonds is 9. The Kier molecular flexibility index (Phi) is 8.06. The van der Waals surface area contributed by atoms with Crippen LogP contribution in [0.2, 0.25) is 0 Å². The van der Waals surface area contributed by atoms with Crippen molar-refractivity contribution in [3.63, 3.8) is 0 Å². The zero-order valence-corrected chi connectivity index (χ0v) is 20.1. The van der Waals surface area contributed by atoms with Crippen molar-refractivity contribution in [1.29, 1.82) is 0 Å². The van der Waals surface area contributed by atoms with Crippen LogP contribution in [0, 0.1) is 23.3 Å². The predicted octanol–water partition coefficient (Wildman–Crippen LogP) is 7.91. The highest BCUT2D eigenvalue weighted by Gasteiger charge is 2.17. The van der Waals surface area contributed by atoms with E-state index in [4.69, 9.17) is 9.47 Å². The Labute approximate surface area is 208 Å². The Balaban J connectivity index is 1.48. The molecule has 0 heterocycles. The number of hydrogen-bond acceptors (Lipinski definition) is 2. The molecule has 0 aliphatic carbocycles. The largest absolute Gasteiger partial charge is 0.497 e. The lowest BCUT2D eigenvalue weighted by molar-refractivity contribution is 0.131. The topological polar surface area (TPSA) is 18.5 Å². The summed E-state index contributed by atoms with van der Waals surface area (Å²) in [5, 5.41) is 0. The summed E-state index contributed by atoms with van der Waals surface area (Å²) in [5.41, 5.74) is 2.71. The fraction of sp³-hybridized carbons (Fsp3) is 0.200. The first-order valence-electron chi connectivity index (χ1n) is 11.7. The standard InChI is InChI=1S/C30H26F4O2/c1-3-36-18-23-11-10-22(27(31)28(23)32)9-6-19-4-7-20(8-5-19)25-16-17-26(30(34)29(25)33)21-12-14-24(35-2)15-13-21/h4-5,7-8,10-17H,3,6,9,18H2,1-2H3. The Bertz CT molecular complexity index is 1330. The Morgan fingerprint density at radius 1 is 0.583 bits per heavy atom. The van der Waals surface area contributed by atoms with E-state index in [2.05, 4.69) is 0 Å². The summed E-state index contributed by atoms with van der Waals surface area (Å²) in [7, 11) is 1.54. The molecule has 0 N–H and O–H groups in total. The van der Waals surface area contributed by atoms with E-state index in [1.807, 2.05) is 0 Å². The fourth-order valence-corrected chi connectivity index (χ4v) is 4.04. The van der Waals surface area contributed by atoms with Gasteiger partial charge in [0.2, 0.25) is 0 Å². The summed E-state index contributed by atoms with van der Waals surface area (Å²) in [6.45, 7) is 2.23. The van der Waals surface area contributed by atoms with Gasteiger partial charge in [-0.25, -0.2) is 17.6 Å². The van der Waals surface area contributed by atoms with Crippen LogP contribution in [0.3, 0.4) is 0 Å². The van der Waals surface area contributed by atoms with Crippen molar-refractivity contribution in [3.05, 3.63) is 113 Å². The van der Waals surface area contributed by atoms with Crippen LogP contribution >= 0.6 is 0 Å². The molecule has 186 valence electrons. The van der Waals surface area contributed by atoms with Crippen molar-refractivity contribution in [2.45, 2.75) is 26.4 Å². The van der Waals surface area contributed by atoms with E-state index in [0.29, 0.717) is 36.3 Å².